The summed E-state index contributed by atoms with van der Waals surface area (Å²) in [6.45, 7) is 1.88. The first-order valence-electron chi connectivity index (χ1n) is 5.43. The summed E-state index contributed by atoms with van der Waals surface area (Å²) in [4.78, 5) is 16.0. The van der Waals surface area contributed by atoms with E-state index in [1.165, 1.54) is 0 Å². The van der Waals surface area contributed by atoms with Crippen LogP contribution in [0.3, 0.4) is 0 Å². The quantitative estimate of drug-likeness (QED) is 0.766. The van der Waals surface area contributed by atoms with Gasteiger partial charge in [0.05, 0.1) is 12.1 Å². The van der Waals surface area contributed by atoms with E-state index in [4.69, 9.17) is 0 Å². The van der Waals surface area contributed by atoms with Gasteiger partial charge in [0.25, 0.3) is 0 Å². The Kier molecular flexibility index (Phi) is 1.99. The Bertz CT molecular complexity index is 556. The summed E-state index contributed by atoms with van der Waals surface area (Å²) in [5.41, 5.74) is 1.44. The molecule has 5 heteroatoms. The van der Waals surface area contributed by atoms with Gasteiger partial charge in [0, 0.05) is 18.3 Å². The third kappa shape index (κ3) is 1.48. The van der Waals surface area contributed by atoms with Gasteiger partial charge in [-0.15, -0.1) is 10.2 Å². The zero-order valence-corrected chi connectivity index (χ0v) is 9.05. The zero-order chi connectivity index (χ0) is 11.1. The van der Waals surface area contributed by atoms with Crippen molar-refractivity contribution >= 4 is 11.4 Å². The Hall–Kier alpha value is -1.78. The van der Waals surface area contributed by atoms with Crippen LogP contribution in [0.15, 0.2) is 12.4 Å². The van der Waals surface area contributed by atoms with Crippen LogP contribution in [0.1, 0.15) is 24.4 Å². The van der Waals surface area contributed by atoms with E-state index in [-0.39, 0.29) is 11.7 Å². The van der Waals surface area contributed by atoms with Gasteiger partial charge in [-0.3, -0.25) is 14.2 Å². The Morgan fingerprint density at radius 1 is 1.50 bits per heavy atom. The molecule has 1 fully saturated rings. The fraction of sp³-hybridized carbons (Fsp3) is 0.455. The first kappa shape index (κ1) is 9.45. The maximum Gasteiger partial charge on any atom is 0.183 e. The van der Waals surface area contributed by atoms with Gasteiger partial charge >= 0.3 is 0 Å². The van der Waals surface area contributed by atoms with Crippen molar-refractivity contribution in [3.63, 3.8) is 0 Å². The first-order chi connectivity index (χ1) is 7.75. The predicted octanol–water partition coefficient (Wildman–Crippen LogP) is 0.954. The molecule has 2 aromatic rings. The number of aryl methyl sites for hydroxylation is 1. The van der Waals surface area contributed by atoms with E-state index in [0.717, 1.165) is 24.4 Å². The van der Waals surface area contributed by atoms with Crippen molar-refractivity contribution in [1.82, 2.24) is 19.6 Å². The molecular weight excluding hydrogens is 204 g/mol. The zero-order valence-electron chi connectivity index (χ0n) is 9.05. The number of fused-ring (bicyclic) bond motifs is 1. The van der Waals surface area contributed by atoms with Gasteiger partial charge in [0.15, 0.2) is 5.65 Å². The molecule has 2 aromatic heterocycles. The van der Waals surface area contributed by atoms with Gasteiger partial charge < -0.3 is 0 Å². The van der Waals surface area contributed by atoms with Crippen molar-refractivity contribution in [3.8, 4) is 0 Å². The van der Waals surface area contributed by atoms with E-state index < -0.39 is 0 Å². The second-order valence-corrected chi connectivity index (χ2v) is 4.23. The molecule has 1 saturated carbocycles. The standard InChI is InChI=1S/C11H12N4O/c1-7-13-14-11-9(12-4-5-15(7)11)6-10(16)8-2-3-8/h4-5,8H,2-3,6H2,1H3. The van der Waals surface area contributed by atoms with Crippen molar-refractivity contribution in [2.45, 2.75) is 26.2 Å². The Balaban J connectivity index is 1.99. The van der Waals surface area contributed by atoms with E-state index in [9.17, 15) is 4.79 Å². The van der Waals surface area contributed by atoms with Crippen LogP contribution in [0.2, 0.25) is 0 Å². The molecule has 0 spiro atoms. The Morgan fingerprint density at radius 2 is 2.31 bits per heavy atom. The molecule has 1 aliphatic carbocycles. The minimum atomic E-state index is 0.270. The molecule has 0 saturated heterocycles. The number of rotatable bonds is 3. The summed E-state index contributed by atoms with van der Waals surface area (Å²) in [6.07, 6.45) is 5.96. The maximum atomic E-state index is 11.7. The van der Waals surface area contributed by atoms with E-state index in [1.807, 2.05) is 17.5 Å². The van der Waals surface area contributed by atoms with E-state index in [1.54, 1.807) is 6.20 Å². The number of nitrogens with zero attached hydrogens (tertiary/aromatic N) is 4. The van der Waals surface area contributed by atoms with Gasteiger partial charge in [-0.2, -0.15) is 0 Å². The highest BCUT2D eigenvalue weighted by molar-refractivity contribution is 5.85. The number of hydrogen-bond acceptors (Lipinski definition) is 4. The Labute approximate surface area is 92.5 Å². The summed E-state index contributed by atoms with van der Waals surface area (Å²) in [7, 11) is 0. The summed E-state index contributed by atoms with van der Waals surface area (Å²) in [6, 6.07) is 0. The van der Waals surface area contributed by atoms with E-state index in [0.29, 0.717) is 12.1 Å². The molecule has 0 aromatic carbocycles. The lowest BCUT2D eigenvalue weighted by Crippen LogP contribution is -2.08. The predicted molar refractivity (Wildman–Crippen MR) is 57.0 cm³/mol. The lowest BCUT2D eigenvalue weighted by molar-refractivity contribution is -0.119. The smallest absolute Gasteiger partial charge is 0.183 e. The summed E-state index contributed by atoms with van der Waals surface area (Å²) >= 11 is 0. The number of Topliss-reactive ketones (excluding diaryl/α,β-unsaturated/α-hetero) is 1. The number of carbonyl (C=O) groups excluding carboxylic acids is 1. The van der Waals surface area contributed by atoms with Crippen molar-refractivity contribution < 1.29 is 4.79 Å². The molecule has 0 atom stereocenters. The summed E-state index contributed by atoms with van der Waals surface area (Å²) in [5, 5.41) is 8.04. The van der Waals surface area contributed by atoms with Crippen LogP contribution in [-0.2, 0) is 11.2 Å². The average molecular weight is 216 g/mol. The number of carbonyl (C=O) groups is 1. The molecule has 0 aliphatic heterocycles. The van der Waals surface area contributed by atoms with Gasteiger partial charge in [0.2, 0.25) is 0 Å². The molecule has 0 N–H and O–H groups in total. The van der Waals surface area contributed by atoms with Gasteiger partial charge in [-0.05, 0) is 19.8 Å². The van der Waals surface area contributed by atoms with Crippen LogP contribution in [0.25, 0.3) is 5.65 Å². The van der Waals surface area contributed by atoms with Crippen LogP contribution < -0.4 is 0 Å². The molecule has 3 rings (SSSR count). The summed E-state index contributed by atoms with van der Waals surface area (Å²) in [5.74, 6) is 1.37. The van der Waals surface area contributed by atoms with Gasteiger partial charge in [0.1, 0.15) is 11.6 Å². The van der Waals surface area contributed by atoms with Crippen molar-refractivity contribution in [2.75, 3.05) is 0 Å². The van der Waals surface area contributed by atoms with E-state index in [2.05, 4.69) is 15.2 Å². The number of aromatic nitrogens is 4. The monoisotopic (exact) mass is 216 g/mol. The maximum absolute atomic E-state index is 11.7. The average Bonchev–Trinajstić information content (AvgIpc) is 3.05. The first-order valence-corrected chi connectivity index (χ1v) is 5.43. The van der Waals surface area contributed by atoms with Gasteiger partial charge in [-0.25, -0.2) is 0 Å². The molecule has 0 bridgehead atoms. The van der Waals surface area contributed by atoms with Crippen LogP contribution in [0.4, 0.5) is 0 Å². The normalized spacial score (nSPS) is 15.6. The molecule has 0 radical (unpaired) electrons. The molecule has 0 amide bonds. The highest BCUT2D eigenvalue weighted by Crippen LogP contribution is 2.31. The second-order valence-electron chi connectivity index (χ2n) is 4.23. The lowest BCUT2D eigenvalue weighted by atomic mass is 10.1. The van der Waals surface area contributed by atoms with Gasteiger partial charge in [-0.1, -0.05) is 0 Å². The van der Waals surface area contributed by atoms with E-state index >= 15 is 0 Å². The third-order valence-corrected chi connectivity index (χ3v) is 2.94. The number of ketones is 1. The Morgan fingerprint density at radius 3 is 3.06 bits per heavy atom. The topological polar surface area (TPSA) is 60.2 Å². The molecule has 16 heavy (non-hydrogen) atoms. The highest BCUT2D eigenvalue weighted by atomic mass is 16.1. The molecule has 5 nitrogen and oxygen atoms in total. The second kappa shape index (κ2) is 3.37. The lowest BCUT2D eigenvalue weighted by Gasteiger charge is -2.00. The third-order valence-electron chi connectivity index (χ3n) is 2.94. The fourth-order valence-electron chi connectivity index (χ4n) is 1.83. The summed E-state index contributed by atoms with van der Waals surface area (Å²) < 4.78 is 1.86. The fourth-order valence-corrected chi connectivity index (χ4v) is 1.83. The van der Waals surface area contributed by atoms with Crippen LogP contribution in [0, 0.1) is 12.8 Å². The minimum Gasteiger partial charge on any atom is -0.299 e. The molecular formula is C11H12N4O. The number of hydrogen-bond donors (Lipinski definition) is 0. The minimum absolute atomic E-state index is 0.270. The molecule has 2 heterocycles. The largest absolute Gasteiger partial charge is 0.299 e. The highest BCUT2D eigenvalue weighted by Gasteiger charge is 2.30. The molecule has 1 aliphatic rings. The SMILES string of the molecule is Cc1nnc2c(CC(=O)C3CC3)nccn12. The van der Waals surface area contributed by atoms with Crippen LogP contribution >= 0.6 is 0 Å². The van der Waals surface area contributed by atoms with Crippen molar-refractivity contribution in [3.05, 3.63) is 23.9 Å². The van der Waals surface area contributed by atoms with Crippen molar-refractivity contribution in [1.29, 1.82) is 0 Å². The van der Waals surface area contributed by atoms with Crippen LogP contribution in [-0.4, -0.2) is 25.4 Å². The van der Waals surface area contributed by atoms with Crippen molar-refractivity contribution in [2.24, 2.45) is 5.92 Å². The molecule has 82 valence electrons. The molecule has 0 unspecified atom stereocenters. The van der Waals surface area contributed by atoms with Crippen LogP contribution in [0.5, 0.6) is 0 Å².